The maximum atomic E-state index is 2.47. The maximum absolute atomic E-state index is 2.47. The van der Waals surface area contributed by atoms with Gasteiger partial charge in [-0.25, -0.2) is 0 Å². The highest BCUT2D eigenvalue weighted by Gasteiger charge is 2.35. The molecule has 0 spiro atoms. The van der Waals surface area contributed by atoms with Gasteiger partial charge in [-0.2, -0.15) is 0 Å². The first-order valence-electron chi connectivity index (χ1n) is 17.3. The van der Waals surface area contributed by atoms with Gasteiger partial charge >= 0.3 is 0 Å². The van der Waals surface area contributed by atoms with Crippen LogP contribution in [0, 0.1) is 0 Å². The zero-order chi connectivity index (χ0) is 33.1. The van der Waals surface area contributed by atoms with E-state index in [2.05, 4.69) is 170 Å². The van der Waals surface area contributed by atoms with Crippen LogP contribution in [-0.4, -0.2) is 0 Å². The molecule has 3 heteroatoms. The molecule has 236 valence electrons. The number of thiophene rings is 2. The van der Waals surface area contributed by atoms with Crippen molar-refractivity contribution in [2.45, 2.75) is 19.3 Å². The number of fused-ring (bicyclic) bond motifs is 14. The van der Waals surface area contributed by atoms with E-state index in [4.69, 9.17) is 0 Å². The zero-order valence-electron chi connectivity index (χ0n) is 27.7. The van der Waals surface area contributed by atoms with Gasteiger partial charge in [0, 0.05) is 68.2 Å². The Labute approximate surface area is 298 Å². The Morgan fingerprint density at radius 2 is 1.04 bits per heavy atom. The predicted molar refractivity (Wildman–Crippen MR) is 219 cm³/mol. The quantitative estimate of drug-likeness (QED) is 0.180. The van der Waals surface area contributed by atoms with Crippen molar-refractivity contribution in [3.05, 3.63) is 163 Å². The van der Waals surface area contributed by atoms with Gasteiger partial charge in [0.05, 0.1) is 0 Å². The largest absolute Gasteiger partial charge is 0.310 e. The summed E-state index contributed by atoms with van der Waals surface area (Å²) >= 11 is 3.86. The summed E-state index contributed by atoms with van der Waals surface area (Å²) in [5.41, 5.74) is 8.89. The van der Waals surface area contributed by atoms with E-state index in [9.17, 15) is 0 Å². The summed E-state index contributed by atoms with van der Waals surface area (Å²) in [4.78, 5) is 2.47. The number of hydrogen-bond donors (Lipinski definition) is 0. The second-order valence-corrected chi connectivity index (χ2v) is 16.2. The summed E-state index contributed by atoms with van der Waals surface area (Å²) in [6.45, 7) is 4.73. The fraction of sp³-hybridized carbons (Fsp3) is 0.0638. The average molecular weight is 674 g/mol. The number of anilines is 3. The maximum Gasteiger partial charge on any atom is 0.0468 e. The Morgan fingerprint density at radius 3 is 1.94 bits per heavy atom. The molecule has 0 bridgehead atoms. The van der Waals surface area contributed by atoms with Gasteiger partial charge in [-0.3, -0.25) is 0 Å². The third-order valence-electron chi connectivity index (χ3n) is 11.0. The minimum atomic E-state index is -0.0850. The molecule has 1 nitrogen and oxygen atoms in total. The summed E-state index contributed by atoms with van der Waals surface area (Å²) in [6.07, 6.45) is 0. The smallest absolute Gasteiger partial charge is 0.0468 e. The van der Waals surface area contributed by atoms with Crippen molar-refractivity contribution in [1.29, 1.82) is 0 Å². The van der Waals surface area contributed by atoms with Crippen LogP contribution in [0.3, 0.4) is 0 Å². The van der Waals surface area contributed by atoms with Crippen LogP contribution in [0.4, 0.5) is 17.1 Å². The van der Waals surface area contributed by atoms with E-state index in [1.165, 1.54) is 95.5 Å². The van der Waals surface area contributed by atoms with E-state index < -0.39 is 0 Å². The van der Waals surface area contributed by atoms with Crippen LogP contribution in [0.1, 0.15) is 25.0 Å². The average Bonchev–Trinajstić information content (AvgIpc) is 3.80. The van der Waals surface area contributed by atoms with E-state index in [1.54, 1.807) is 0 Å². The molecule has 0 atom stereocenters. The monoisotopic (exact) mass is 673 g/mol. The fourth-order valence-electron chi connectivity index (χ4n) is 8.62. The molecule has 2 heterocycles. The van der Waals surface area contributed by atoms with Gasteiger partial charge in [0.15, 0.2) is 0 Å². The van der Waals surface area contributed by atoms with Crippen LogP contribution in [-0.2, 0) is 5.41 Å². The Morgan fingerprint density at radius 1 is 0.420 bits per heavy atom. The van der Waals surface area contributed by atoms with E-state index >= 15 is 0 Å². The molecule has 10 aromatic rings. The van der Waals surface area contributed by atoms with E-state index in [0.29, 0.717) is 0 Å². The molecule has 0 saturated carbocycles. The molecule has 0 fully saturated rings. The van der Waals surface area contributed by atoms with E-state index in [0.717, 1.165) is 5.69 Å². The number of nitrogens with zero attached hydrogens (tertiary/aromatic N) is 1. The van der Waals surface area contributed by atoms with E-state index in [1.807, 2.05) is 22.7 Å². The van der Waals surface area contributed by atoms with Crippen molar-refractivity contribution < 1.29 is 0 Å². The molecule has 0 saturated heterocycles. The number of benzene rings is 8. The molecule has 1 aliphatic carbocycles. The van der Waals surface area contributed by atoms with Gasteiger partial charge in [-0.05, 0) is 86.9 Å². The van der Waals surface area contributed by atoms with Crippen LogP contribution in [0.5, 0.6) is 0 Å². The summed E-state index contributed by atoms with van der Waals surface area (Å²) in [5.74, 6) is 0. The van der Waals surface area contributed by atoms with Gasteiger partial charge in [-0.1, -0.05) is 117 Å². The second kappa shape index (κ2) is 10.3. The second-order valence-electron chi connectivity index (χ2n) is 14.1. The summed E-state index contributed by atoms with van der Waals surface area (Å²) < 4.78 is 5.43. The summed E-state index contributed by atoms with van der Waals surface area (Å²) in [5, 5.41) is 10.6. The van der Waals surface area contributed by atoms with Crippen molar-refractivity contribution in [3.63, 3.8) is 0 Å². The SMILES string of the molecule is CC1(C)c2ccccc2-c2ccc(N(c3ccc4ccccc4c3)c3ccc4sc5c6ccccc6c6c7ccccc7sc6c5c4c3)cc21. The fourth-order valence-corrected chi connectivity index (χ4v) is 11.2. The molecule has 0 amide bonds. The van der Waals surface area contributed by atoms with Crippen LogP contribution in [0.15, 0.2) is 152 Å². The first-order chi connectivity index (χ1) is 24.5. The molecule has 8 aromatic carbocycles. The first kappa shape index (κ1) is 28.4. The summed E-state index contributed by atoms with van der Waals surface area (Å²) in [6, 6.07) is 56.6. The van der Waals surface area contributed by atoms with Crippen molar-refractivity contribution >= 4 is 102 Å². The normalized spacial score (nSPS) is 13.6. The molecule has 11 rings (SSSR count). The molecule has 50 heavy (non-hydrogen) atoms. The van der Waals surface area contributed by atoms with Crippen molar-refractivity contribution in [3.8, 4) is 11.1 Å². The van der Waals surface area contributed by atoms with Gasteiger partial charge in [-0.15, -0.1) is 22.7 Å². The minimum absolute atomic E-state index is 0.0850. The number of rotatable bonds is 3. The van der Waals surface area contributed by atoms with E-state index in [-0.39, 0.29) is 5.41 Å². The van der Waals surface area contributed by atoms with Crippen LogP contribution in [0.25, 0.3) is 73.0 Å². The Kier molecular flexibility index (Phi) is 5.83. The highest BCUT2D eigenvalue weighted by molar-refractivity contribution is 7.30. The van der Waals surface area contributed by atoms with Gasteiger partial charge in [0.2, 0.25) is 0 Å². The Bertz CT molecular complexity index is 3030. The van der Waals surface area contributed by atoms with Crippen molar-refractivity contribution in [1.82, 2.24) is 0 Å². The standard InChI is InChI=1S/C47H31NS2/c1-47(2)39-17-9-7-13-33(39)34-23-21-32(27-40(34)47)48(30-20-19-28-11-3-4-12-29(28)25-30)31-22-24-42-38(26-31)44-45(49-42)36-15-6-5-14-35(36)43-37-16-8-10-18-41(37)50-46(43)44/h3-27H,1-2H3. The van der Waals surface area contributed by atoms with Gasteiger partial charge < -0.3 is 4.90 Å². The highest BCUT2D eigenvalue weighted by atomic mass is 32.1. The summed E-state index contributed by atoms with van der Waals surface area (Å²) in [7, 11) is 0. The zero-order valence-corrected chi connectivity index (χ0v) is 29.3. The molecule has 1 aliphatic rings. The lowest BCUT2D eigenvalue weighted by Gasteiger charge is -2.28. The molecular weight excluding hydrogens is 643 g/mol. The molecular formula is C47H31NS2. The number of hydrogen-bond acceptors (Lipinski definition) is 3. The molecule has 0 unspecified atom stereocenters. The lowest BCUT2D eigenvalue weighted by atomic mass is 9.82. The highest BCUT2D eigenvalue weighted by Crippen LogP contribution is 2.52. The molecule has 0 aliphatic heterocycles. The minimum Gasteiger partial charge on any atom is -0.310 e. The van der Waals surface area contributed by atoms with Crippen LogP contribution < -0.4 is 4.90 Å². The molecule has 2 aromatic heterocycles. The predicted octanol–water partition coefficient (Wildman–Crippen LogP) is 14.5. The van der Waals surface area contributed by atoms with Gasteiger partial charge in [0.1, 0.15) is 0 Å². The lowest BCUT2D eigenvalue weighted by molar-refractivity contribution is 0.660. The Balaban J connectivity index is 1.20. The Hall–Kier alpha value is -5.48. The molecule has 0 radical (unpaired) electrons. The lowest BCUT2D eigenvalue weighted by Crippen LogP contribution is -2.16. The van der Waals surface area contributed by atoms with Gasteiger partial charge in [0.25, 0.3) is 0 Å². The van der Waals surface area contributed by atoms with Crippen molar-refractivity contribution in [2.75, 3.05) is 4.90 Å². The topological polar surface area (TPSA) is 3.24 Å². The van der Waals surface area contributed by atoms with Crippen LogP contribution >= 0.6 is 22.7 Å². The first-order valence-corrected chi connectivity index (χ1v) is 18.9. The third kappa shape index (κ3) is 3.88. The molecule has 0 N–H and O–H groups in total. The van der Waals surface area contributed by atoms with Crippen molar-refractivity contribution in [2.24, 2.45) is 0 Å². The third-order valence-corrected chi connectivity index (χ3v) is 13.4. The van der Waals surface area contributed by atoms with Crippen LogP contribution in [0.2, 0.25) is 0 Å².